The largest absolute Gasteiger partial charge is 0.379 e. The molecule has 5 aromatic rings. The Labute approximate surface area is 261 Å². The topological polar surface area (TPSA) is 3.24 Å². The predicted molar refractivity (Wildman–Crippen MR) is 166 cm³/mol. The predicted octanol–water partition coefficient (Wildman–Crippen LogP) is 9.85. The minimum atomic E-state index is -2.22. The summed E-state index contributed by atoms with van der Waals surface area (Å²) >= 11 is 6.74. The second-order valence-corrected chi connectivity index (χ2v) is 16.3. The van der Waals surface area contributed by atoms with E-state index in [0.29, 0.717) is 5.54 Å². The zero-order chi connectivity index (χ0) is 26.3. The fourth-order valence-electron chi connectivity index (χ4n) is 7.58. The van der Waals surface area contributed by atoms with Gasteiger partial charge in [-0.3, -0.25) is 0 Å². The molecule has 8 rings (SSSR count). The maximum absolute atomic E-state index is 6.74. The molecule has 1 unspecified atom stereocenters. The maximum Gasteiger partial charge on any atom is 0.0831 e. The third-order valence-electron chi connectivity index (χ3n) is 8.98. The van der Waals surface area contributed by atoms with Gasteiger partial charge in [0.15, 0.2) is 0 Å². The molecule has 0 bridgehead atoms. The molecule has 0 amide bonds. The van der Waals surface area contributed by atoms with E-state index in [9.17, 15) is 0 Å². The molecule has 1 aliphatic heterocycles. The number of fused-ring (bicyclic) bond motifs is 8. The minimum absolute atomic E-state index is 0. The molecule has 0 aromatic heterocycles. The first kappa shape index (κ1) is 26.0. The van der Waals surface area contributed by atoms with Crippen molar-refractivity contribution < 1.29 is 26.2 Å². The van der Waals surface area contributed by atoms with Gasteiger partial charge in [-0.25, -0.2) is 0 Å². The summed E-state index contributed by atoms with van der Waals surface area (Å²) in [6.45, 7) is 5.14. The Morgan fingerprint density at radius 1 is 0.700 bits per heavy atom. The molecule has 3 aliphatic rings. The van der Waals surface area contributed by atoms with Crippen LogP contribution < -0.4 is 4.90 Å². The number of para-hydroxylation sites is 1. The van der Waals surface area contributed by atoms with Gasteiger partial charge in [-0.2, -0.15) is 0 Å². The van der Waals surface area contributed by atoms with Gasteiger partial charge in [0.25, 0.3) is 0 Å². The van der Waals surface area contributed by atoms with Gasteiger partial charge >= 0.3 is 0 Å². The van der Waals surface area contributed by atoms with Gasteiger partial charge in [-0.15, -0.1) is 29.8 Å². The molecule has 0 radical (unpaired) electrons. The monoisotopic (exact) mass is 626 g/mol. The van der Waals surface area contributed by atoms with Crippen LogP contribution in [0.1, 0.15) is 39.4 Å². The molecule has 0 N–H and O–H groups in total. The van der Waals surface area contributed by atoms with E-state index in [1.807, 2.05) is 0 Å². The van der Waals surface area contributed by atoms with E-state index >= 15 is 0 Å². The van der Waals surface area contributed by atoms with Crippen LogP contribution in [0.4, 0.5) is 11.4 Å². The van der Waals surface area contributed by atoms with Gasteiger partial charge < -0.3 is 4.90 Å². The standard InChI is InChI=1S/C36H27ClNSi.Zr/c1-39(2,35-28-16-8-6-14-25(28)26-15-7-9-17-29(26)35)36-31-22-23(37)20-21-27(31)34-33(36)30-18-10-11-19-32(30)38(34)24-12-4-3-5-13-24;/h3-17,19-22,34-35H,1-2H3;/q-1;. The molecule has 1 nitrogen and oxygen atoms in total. The van der Waals surface area contributed by atoms with Crippen LogP contribution in [-0.2, 0) is 26.2 Å². The van der Waals surface area contributed by atoms with Crippen LogP contribution in [0.5, 0.6) is 0 Å². The second kappa shape index (κ2) is 9.55. The Bertz CT molecular complexity index is 1780. The average Bonchev–Trinajstić information content (AvgIpc) is 3.59. The van der Waals surface area contributed by atoms with Crippen molar-refractivity contribution in [2.45, 2.75) is 24.7 Å². The van der Waals surface area contributed by atoms with Crippen molar-refractivity contribution >= 4 is 41.8 Å². The van der Waals surface area contributed by atoms with Crippen molar-refractivity contribution in [2.24, 2.45) is 0 Å². The van der Waals surface area contributed by atoms with Crippen LogP contribution in [-0.4, -0.2) is 8.07 Å². The number of halogens is 1. The summed E-state index contributed by atoms with van der Waals surface area (Å²) in [5, 5.41) is 2.32. The molecule has 1 heterocycles. The Kier molecular flexibility index (Phi) is 6.20. The number of nitrogens with zero attached hydrogens (tertiary/aromatic N) is 1. The summed E-state index contributed by atoms with van der Waals surface area (Å²) in [5.74, 6) is 0. The molecular formula is C36H27ClNSiZr-. The summed E-state index contributed by atoms with van der Waals surface area (Å²) in [7, 11) is -2.22. The van der Waals surface area contributed by atoms with Crippen molar-refractivity contribution in [1.29, 1.82) is 0 Å². The zero-order valence-corrected chi connectivity index (χ0v) is 26.7. The number of hydrogen-bond donors (Lipinski definition) is 0. The normalized spacial score (nSPS) is 16.7. The summed E-state index contributed by atoms with van der Waals surface area (Å²) in [4.78, 5) is 2.52. The zero-order valence-electron chi connectivity index (χ0n) is 22.4. The van der Waals surface area contributed by atoms with Crippen LogP contribution in [0.15, 0.2) is 115 Å². The van der Waals surface area contributed by atoms with Gasteiger partial charge in [0.1, 0.15) is 0 Å². The van der Waals surface area contributed by atoms with Crippen molar-refractivity contribution in [3.8, 4) is 11.1 Å². The molecule has 40 heavy (non-hydrogen) atoms. The van der Waals surface area contributed by atoms with Crippen LogP contribution >= 0.6 is 11.6 Å². The van der Waals surface area contributed by atoms with Gasteiger partial charge in [0.05, 0.1) is 8.07 Å². The van der Waals surface area contributed by atoms with E-state index in [4.69, 9.17) is 11.6 Å². The third kappa shape index (κ3) is 3.54. The summed E-state index contributed by atoms with van der Waals surface area (Å²) in [5.41, 5.74) is 13.8. The molecule has 1 atom stereocenters. The number of hydrogen-bond acceptors (Lipinski definition) is 1. The third-order valence-corrected chi connectivity index (χ3v) is 13.1. The Hall–Kier alpha value is -2.97. The fourth-order valence-corrected chi connectivity index (χ4v) is 12.0. The van der Waals surface area contributed by atoms with Crippen LogP contribution in [0.2, 0.25) is 18.1 Å². The average molecular weight is 628 g/mol. The van der Waals surface area contributed by atoms with Gasteiger partial charge in [-0.1, -0.05) is 108 Å². The Morgan fingerprint density at radius 2 is 1.35 bits per heavy atom. The smallest absolute Gasteiger partial charge is 0.0831 e. The van der Waals surface area contributed by atoms with E-state index in [0.717, 1.165) is 5.02 Å². The number of rotatable bonds is 3. The number of benzene rings is 5. The molecule has 4 heteroatoms. The SMILES string of the molecule is C[Si](C)(C1=C2c3[c-]cccc3N(c3ccccc3)C2c2ccc(Cl)cc21)C1c2ccccc2-c2ccccc21.[Zr]. The molecule has 0 spiro atoms. The number of anilines is 2. The first-order chi connectivity index (χ1) is 19.1. The van der Waals surface area contributed by atoms with Crippen molar-refractivity contribution in [3.05, 3.63) is 154 Å². The molecule has 192 valence electrons. The Morgan fingerprint density at radius 3 is 2.05 bits per heavy atom. The van der Waals surface area contributed by atoms with Crippen molar-refractivity contribution in [3.63, 3.8) is 0 Å². The summed E-state index contributed by atoms with van der Waals surface area (Å²) < 4.78 is 0. The second-order valence-electron chi connectivity index (χ2n) is 11.4. The van der Waals surface area contributed by atoms with Crippen LogP contribution in [0, 0.1) is 6.07 Å². The van der Waals surface area contributed by atoms with Crippen molar-refractivity contribution in [2.75, 3.05) is 4.90 Å². The van der Waals surface area contributed by atoms with Gasteiger partial charge in [0.2, 0.25) is 0 Å². The van der Waals surface area contributed by atoms with E-state index in [-0.39, 0.29) is 32.2 Å². The van der Waals surface area contributed by atoms with Crippen LogP contribution in [0.25, 0.3) is 21.9 Å². The maximum atomic E-state index is 6.74. The molecule has 5 aromatic carbocycles. The molecule has 0 saturated carbocycles. The van der Waals surface area contributed by atoms with E-state index < -0.39 is 8.07 Å². The molecule has 0 saturated heterocycles. The quantitative estimate of drug-likeness (QED) is 0.142. The summed E-state index contributed by atoms with van der Waals surface area (Å²) in [6.07, 6.45) is 0. The van der Waals surface area contributed by atoms with E-state index in [1.165, 1.54) is 61.1 Å². The van der Waals surface area contributed by atoms with E-state index in [2.05, 4.69) is 139 Å². The summed E-state index contributed by atoms with van der Waals surface area (Å²) in [6, 6.07) is 45.7. The van der Waals surface area contributed by atoms with Crippen molar-refractivity contribution in [1.82, 2.24) is 0 Å². The van der Waals surface area contributed by atoms with Gasteiger partial charge in [-0.05, 0) is 63.3 Å². The fraction of sp³-hybridized carbons (Fsp3) is 0.111. The molecule has 0 fully saturated rings. The minimum Gasteiger partial charge on any atom is -0.379 e. The van der Waals surface area contributed by atoms with Gasteiger partial charge in [0, 0.05) is 48.5 Å². The molecule has 2 aliphatic carbocycles. The first-order valence-corrected chi connectivity index (χ1v) is 17.1. The molecular weight excluding hydrogens is 601 g/mol. The van der Waals surface area contributed by atoms with Crippen LogP contribution in [0.3, 0.4) is 0 Å². The first-order valence-electron chi connectivity index (χ1n) is 13.6. The Balaban J connectivity index is 0.00000264. The van der Waals surface area contributed by atoms with E-state index in [1.54, 1.807) is 0 Å².